The number of nitrogens with zero attached hydrogens (tertiary/aromatic N) is 4. The van der Waals surface area contributed by atoms with Gasteiger partial charge in [0.2, 0.25) is 5.91 Å². The predicted octanol–water partition coefficient (Wildman–Crippen LogP) is 3.09. The van der Waals surface area contributed by atoms with E-state index in [1.54, 1.807) is 6.20 Å². The molecule has 2 aliphatic rings. The largest absolute Gasteiger partial charge is 0.334 e. The maximum absolute atomic E-state index is 12.6. The normalized spacial score (nSPS) is 23.2. The lowest BCUT2D eigenvalue weighted by Crippen LogP contribution is -2.37. The molecule has 1 aromatic carbocycles. The summed E-state index contributed by atoms with van der Waals surface area (Å²) in [7, 11) is 0. The first-order chi connectivity index (χ1) is 12.6. The molecule has 0 N–H and O–H groups in total. The molecule has 2 saturated heterocycles. The third-order valence-corrected chi connectivity index (χ3v) is 5.78. The SMILES string of the molecule is CC(C)CCN1CC[C@H]2[C@@H]1CC(=O)N2Cc1ccc(-n2cccn2)cc1. The van der Waals surface area contributed by atoms with Gasteiger partial charge in [-0.1, -0.05) is 26.0 Å². The molecule has 0 radical (unpaired) electrons. The van der Waals surface area contributed by atoms with Gasteiger partial charge in [-0.05, 0) is 49.1 Å². The summed E-state index contributed by atoms with van der Waals surface area (Å²) in [6.45, 7) is 7.51. The van der Waals surface area contributed by atoms with Crippen LogP contribution < -0.4 is 0 Å². The standard InChI is InChI=1S/C21H28N4O/c1-16(2)8-12-23-13-9-19-20(23)14-21(26)24(19)15-17-4-6-18(7-5-17)25-11-3-10-22-25/h3-7,10-11,16,19-20H,8-9,12-15H2,1-2H3/t19-,20-/m0/s1. The lowest BCUT2D eigenvalue weighted by molar-refractivity contribution is -0.129. The van der Waals surface area contributed by atoms with Crippen LogP contribution in [0, 0.1) is 5.92 Å². The Morgan fingerprint density at radius 3 is 2.69 bits per heavy atom. The molecule has 3 heterocycles. The zero-order valence-electron chi connectivity index (χ0n) is 15.7. The first-order valence-corrected chi connectivity index (χ1v) is 9.74. The minimum Gasteiger partial charge on any atom is -0.334 e. The first kappa shape index (κ1) is 17.3. The molecule has 0 saturated carbocycles. The number of carbonyl (C=O) groups excluding carboxylic acids is 1. The fourth-order valence-corrected chi connectivity index (χ4v) is 4.29. The fraction of sp³-hybridized carbons (Fsp3) is 0.524. The van der Waals surface area contributed by atoms with E-state index in [2.05, 4.69) is 53.0 Å². The Hall–Kier alpha value is -2.14. The van der Waals surface area contributed by atoms with Crippen molar-refractivity contribution in [2.45, 2.75) is 51.7 Å². The Morgan fingerprint density at radius 1 is 1.19 bits per heavy atom. The summed E-state index contributed by atoms with van der Waals surface area (Å²) in [4.78, 5) is 17.3. The molecule has 5 nitrogen and oxygen atoms in total. The smallest absolute Gasteiger partial charge is 0.224 e. The van der Waals surface area contributed by atoms with E-state index in [4.69, 9.17) is 0 Å². The fourth-order valence-electron chi connectivity index (χ4n) is 4.29. The molecule has 5 heteroatoms. The molecule has 26 heavy (non-hydrogen) atoms. The number of aromatic nitrogens is 2. The Balaban J connectivity index is 1.41. The zero-order valence-corrected chi connectivity index (χ0v) is 15.7. The molecule has 0 bridgehead atoms. The summed E-state index contributed by atoms with van der Waals surface area (Å²) >= 11 is 0. The van der Waals surface area contributed by atoms with Gasteiger partial charge in [-0.25, -0.2) is 4.68 Å². The highest BCUT2D eigenvalue weighted by atomic mass is 16.2. The van der Waals surface area contributed by atoms with Gasteiger partial charge in [0.05, 0.1) is 5.69 Å². The van der Waals surface area contributed by atoms with Crippen LogP contribution in [-0.2, 0) is 11.3 Å². The number of benzene rings is 1. The Labute approximate surface area is 155 Å². The van der Waals surface area contributed by atoms with Gasteiger partial charge in [-0.2, -0.15) is 5.10 Å². The average molecular weight is 352 g/mol. The lowest BCUT2D eigenvalue weighted by Gasteiger charge is -2.26. The monoisotopic (exact) mass is 352 g/mol. The lowest BCUT2D eigenvalue weighted by atomic mass is 10.1. The van der Waals surface area contributed by atoms with Crippen LogP contribution in [0.15, 0.2) is 42.7 Å². The van der Waals surface area contributed by atoms with E-state index >= 15 is 0 Å². The molecule has 2 aliphatic heterocycles. The average Bonchev–Trinajstić information content (AvgIpc) is 3.34. The van der Waals surface area contributed by atoms with Crippen LogP contribution in [0.1, 0.15) is 38.7 Å². The van der Waals surface area contributed by atoms with Gasteiger partial charge in [0.1, 0.15) is 0 Å². The number of carbonyl (C=O) groups is 1. The second-order valence-corrected chi connectivity index (χ2v) is 7.98. The van der Waals surface area contributed by atoms with Gasteiger partial charge in [-0.3, -0.25) is 9.69 Å². The molecule has 1 aromatic heterocycles. The van der Waals surface area contributed by atoms with Crippen molar-refractivity contribution < 1.29 is 4.79 Å². The topological polar surface area (TPSA) is 41.4 Å². The van der Waals surface area contributed by atoms with Gasteiger partial charge in [-0.15, -0.1) is 0 Å². The molecule has 138 valence electrons. The summed E-state index contributed by atoms with van der Waals surface area (Å²) in [6.07, 6.45) is 6.73. The number of hydrogen-bond donors (Lipinski definition) is 0. The van der Waals surface area contributed by atoms with Crippen molar-refractivity contribution >= 4 is 5.91 Å². The summed E-state index contributed by atoms with van der Waals surface area (Å²) < 4.78 is 1.85. The van der Waals surface area contributed by atoms with E-state index < -0.39 is 0 Å². The molecule has 2 fully saturated rings. The van der Waals surface area contributed by atoms with Gasteiger partial charge < -0.3 is 4.90 Å². The minimum absolute atomic E-state index is 0.311. The maximum atomic E-state index is 12.6. The van der Waals surface area contributed by atoms with E-state index in [-0.39, 0.29) is 0 Å². The van der Waals surface area contributed by atoms with Gasteiger partial charge >= 0.3 is 0 Å². The third kappa shape index (κ3) is 3.40. The van der Waals surface area contributed by atoms with Gasteiger partial charge in [0.25, 0.3) is 0 Å². The van der Waals surface area contributed by atoms with Gasteiger partial charge in [0, 0.05) is 44.0 Å². The highest BCUT2D eigenvalue weighted by molar-refractivity contribution is 5.80. The summed E-state index contributed by atoms with van der Waals surface area (Å²) in [5.41, 5.74) is 2.24. The molecule has 0 unspecified atom stereocenters. The number of amides is 1. The van der Waals surface area contributed by atoms with Crippen molar-refractivity contribution in [2.75, 3.05) is 13.1 Å². The van der Waals surface area contributed by atoms with Crippen LogP contribution in [0.4, 0.5) is 0 Å². The molecule has 0 spiro atoms. The van der Waals surface area contributed by atoms with Crippen molar-refractivity contribution in [3.05, 3.63) is 48.3 Å². The number of hydrogen-bond acceptors (Lipinski definition) is 3. The predicted molar refractivity (Wildman–Crippen MR) is 102 cm³/mol. The molecule has 4 rings (SSSR count). The zero-order chi connectivity index (χ0) is 18.1. The van der Waals surface area contributed by atoms with Crippen molar-refractivity contribution in [1.29, 1.82) is 0 Å². The maximum Gasteiger partial charge on any atom is 0.224 e. The van der Waals surface area contributed by atoms with Crippen molar-refractivity contribution in [2.24, 2.45) is 5.92 Å². The van der Waals surface area contributed by atoms with Crippen LogP contribution in [-0.4, -0.2) is 50.7 Å². The summed E-state index contributed by atoms with van der Waals surface area (Å²) in [6, 6.07) is 11.1. The van der Waals surface area contributed by atoms with Crippen molar-refractivity contribution in [3.8, 4) is 5.69 Å². The van der Waals surface area contributed by atoms with Gasteiger partial charge in [0.15, 0.2) is 0 Å². The highest BCUT2D eigenvalue weighted by Crippen LogP contribution is 2.33. The van der Waals surface area contributed by atoms with E-state index in [0.29, 0.717) is 24.4 Å². The molecule has 2 aromatic rings. The molecule has 2 atom stereocenters. The van der Waals surface area contributed by atoms with Crippen molar-refractivity contribution in [1.82, 2.24) is 19.6 Å². The van der Waals surface area contributed by atoms with E-state index in [1.165, 1.54) is 12.0 Å². The van der Waals surface area contributed by atoms with Crippen LogP contribution in [0.5, 0.6) is 0 Å². The Kier molecular flexibility index (Phi) is 4.81. The molecule has 1 amide bonds. The van der Waals surface area contributed by atoms with Crippen LogP contribution >= 0.6 is 0 Å². The highest BCUT2D eigenvalue weighted by Gasteiger charge is 2.46. The number of rotatable bonds is 6. The Bertz CT molecular complexity index is 738. The van der Waals surface area contributed by atoms with E-state index in [9.17, 15) is 4.79 Å². The van der Waals surface area contributed by atoms with E-state index in [1.807, 2.05) is 16.9 Å². The molecule has 0 aliphatic carbocycles. The van der Waals surface area contributed by atoms with E-state index in [0.717, 1.165) is 37.7 Å². The number of fused-ring (bicyclic) bond motifs is 1. The third-order valence-electron chi connectivity index (χ3n) is 5.78. The second kappa shape index (κ2) is 7.23. The molecular formula is C21H28N4O. The molecular weight excluding hydrogens is 324 g/mol. The quantitative estimate of drug-likeness (QED) is 0.802. The minimum atomic E-state index is 0.311. The second-order valence-electron chi connectivity index (χ2n) is 7.98. The van der Waals surface area contributed by atoms with Crippen molar-refractivity contribution in [3.63, 3.8) is 0 Å². The first-order valence-electron chi connectivity index (χ1n) is 9.74. The van der Waals surface area contributed by atoms with Crippen LogP contribution in [0.3, 0.4) is 0 Å². The summed E-state index contributed by atoms with van der Waals surface area (Å²) in [5, 5.41) is 4.26. The number of likely N-dealkylation sites (tertiary alicyclic amines) is 2. The summed E-state index contributed by atoms with van der Waals surface area (Å²) in [5.74, 6) is 1.03. The van der Waals surface area contributed by atoms with Crippen LogP contribution in [0.25, 0.3) is 5.69 Å². The van der Waals surface area contributed by atoms with Crippen LogP contribution in [0.2, 0.25) is 0 Å². The Morgan fingerprint density at radius 2 is 2.00 bits per heavy atom.